The average Bonchev–Trinajstić information content (AvgIpc) is 3.59. The van der Waals surface area contributed by atoms with Crippen LogP contribution in [0, 0.1) is 17.8 Å². The van der Waals surface area contributed by atoms with E-state index in [9.17, 15) is 19.5 Å². The Morgan fingerprint density at radius 3 is 2.38 bits per heavy atom. The number of ether oxygens (including phenoxy) is 2. The maximum absolute atomic E-state index is 14.8. The minimum absolute atomic E-state index is 0.0116. The molecule has 1 aromatic rings. The molecule has 1 N–H and O–H groups in total. The van der Waals surface area contributed by atoms with Gasteiger partial charge in [-0.05, 0) is 50.5 Å². The molecule has 9 nitrogen and oxygen atoms in total. The summed E-state index contributed by atoms with van der Waals surface area (Å²) in [6.45, 7) is 17.3. The first kappa shape index (κ1) is 32.2. The predicted octanol–water partition coefficient (Wildman–Crippen LogP) is 3.94. The number of hydrogen-bond donors (Lipinski definition) is 1. The summed E-state index contributed by atoms with van der Waals surface area (Å²) in [6, 6.07) is 6.09. The number of fused-ring (bicyclic) bond motifs is 1. The molecule has 3 aliphatic heterocycles. The first-order valence-electron chi connectivity index (χ1n) is 14.9. The van der Waals surface area contributed by atoms with Crippen LogP contribution in [-0.4, -0.2) is 89.3 Å². The molecule has 8 atom stereocenters. The summed E-state index contributed by atoms with van der Waals surface area (Å²) in [5, 5.41) is 10.6. The SMILES string of the molecule is C=CCOC(=O)[C@H]1[C@@H]2OC3(CC2Br)C(C(=O)N(CC=C)c2ccc(N(CC)CC)cc2)N([C@@H](CO)[C@@H](C)CC)C(=O)[C@H]13. The van der Waals surface area contributed by atoms with Crippen LogP contribution < -0.4 is 9.80 Å². The summed E-state index contributed by atoms with van der Waals surface area (Å²) in [4.78, 5) is 47.6. The summed E-state index contributed by atoms with van der Waals surface area (Å²) < 4.78 is 12.0. The number of alkyl halides is 1. The standard InChI is InChI=1S/C32H44BrN3O6/c1-7-16-35(22-14-12-21(13-15-22)34(10-4)11-5)30(39)28-32-18-23(33)27(42-32)25(31(40)41-17-8-2)26(32)29(38)36(28)24(19-37)20(6)9-3/h7-8,12-15,20,23-28,37H,1-2,9-11,16-19H2,3-6H3/t20-,23?,24-,25+,26-,27+,28?,32?/m0/s1. The average molecular weight is 647 g/mol. The number of benzene rings is 1. The zero-order chi connectivity index (χ0) is 30.8. The topological polar surface area (TPSA) is 99.6 Å². The van der Waals surface area contributed by atoms with Gasteiger partial charge in [0.15, 0.2) is 0 Å². The second kappa shape index (κ2) is 13.3. The lowest BCUT2D eigenvalue weighted by atomic mass is 9.70. The molecule has 230 valence electrons. The molecular formula is C32H44BrN3O6. The molecule has 0 aliphatic carbocycles. The monoisotopic (exact) mass is 645 g/mol. The van der Waals surface area contributed by atoms with Crippen LogP contribution in [0.5, 0.6) is 0 Å². The maximum atomic E-state index is 14.8. The highest BCUT2D eigenvalue weighted by atomic mass is 79.9. The Labute approximate surface area is 257 Å². The van der Waals surface area contributed by atoms with E-state index in [1.54, 1.807) is 11.0 Å². The first-order valence-corrected chi connectivity index (χ1v) is 15.9. The highest BCUT2D eigenvalue weighted by molar-refractivity contribution is 9.09. The first-order chi connectivity index (χ1) is 20.1. The van der Waals surface area contributed by atoms with Crippen molar-refractivity contribution < 1.29 is 29.0 Å². The van der Waals surface area contributed by atoms with E-state index < -0.39 is 41.6 Å². The Kier molecular flexibility index (Phi) is 10.2. The van der Waals surface area contributed by atoms with Crippen LogP contribution in [0.15, 0.2) is 49.6 Å². The molecule has 0 aromatic heterocycles. The van der Waals surface area contributed by atoms with Crippen molar-refractivity contribution in [3.63, 3.8) is 0 Å². The predicted molar refractivity (Wildman–Crippen MR) is 167 cm³/mol. The second-order valence-corrected chi connectivity index (χ2v) is 12.6. The third-order valence-electron chi connectivity index (χ3n) is 9.29. The van der Waals surface area contributed by atoms with Gasteiger partial charge < -0.3 is 29.3 Å². The molecule has 4 rings (SSSR count). The number of nitrogens with zero attached hydrogens (tertiary/aromatic N) is 3. The Morgan fingerprint density at radius 1 is 1.19 bits per heavy atom. The Balaban J connectivity index is 1.82. The van der Waals surface area contributed by atoms with Gasteiger partial charge in [-0.25, -0.2) is 0 Å². The molecule has 10 heteroatoms. The Bertz CT molecular complexity index is 1170. The van der Waals surface area contributed by atoms with Gasteiger partial charge in [0.2, 0.25) is 5.91 Å². The highest BCUT2D eigenvalue weighted by Gasteiger charge is 2.77. The minimum atomic E-state index is -1.26. The molecule has 0 saturated carbocycles. The molecule has 1 spiro atoms. The summed E-state index contributed by atoms with van der Waals surface area (Å²) in [5.74, 6) is -3.12. The molecule has 3 saturated heterocycles. The van der Waals surface area contributed by atoms with Crippen molar-refractivity contribution >= 4 is 45.1 Å². The van der Waals surface area contributed by atoms with E-state index in [0.717, 1.165) is 18.8 Å². The van der Waals surface area contributed by atoms with Crippen molar-refractivity contribution in [1.29, 1.82) is 0 Å². The molecule has 42 heavy (non-hydrogen) atoms. The summed E-state index contributed by atoms with van der Waals surface area (Å²) in [6.07, 6.45) is 3.57. The van der Waals surface area contributed by atoms with Gasteiger partial charge in [0.05, 0.1) is 30.6 Å². The number of carbonyl (C=O) groups is 3. The number of rotatable bonds is 14. The van der Waals surface area contributed by atoms with Crippen molar-refractivity contribution in [3.8, 4) is 0 Å². The number of halogens is 1. The third-order valence-corrected chi connectivity index (χ3v) is 10.1. The number of aliphatic hydroxyl groups excluding tert-OH is 1. The van der Waals surface area contributed by atoms with Gasteiger partial charge in [0, 0.05) is 35.8 Å². The van der Waals surface area contributed by atoms with Gasteiger partial charge in [0.1, 0.15) is 18.2 Å². The van der Waals surface area contributed by atoms with Crippen LogP contribution >= 0.6 is 15.9 Å². The third kappa shape index (κ3) is 5.30. The summed E-state index contributed by atoms with van der Waals surface area (Å²) in [5.41, 5.74) is 0.452. The van der Waals surface area contributed by atoms with Crippen LogP contribution in [0.1, 0.15) is 40.5 Å². The van der Waals surface area contributed by atoms with Crippen LogP contribution in [0.25, 0.3) is 0 Å². The summed E-state index contributed by atoms with van der Waals surface area (Å²) in [7, 11) is 0. The zero-order valence-corrected chi connectivity index (χ0v) is 26.7. The minimum Gasteiger partial charge on any atom is -0.461 e. The molecule has 3 aliphatic rings. The van der Waals surface area contributed by atoms with E-state index in [1.165, 1.54) is 11.0 Å². The quantitative estimate of drug-likeness (QED) is 0.186. The smallest absolute Gasteiger partial charge is 0.312 e. The lowest BCUT2D eigenvalue weighted by molar-refractivity contribution is -0.155. The molecule has 2 amide bonds. The molecule has 3 unspecified atom stereocenters. The van der Waals surface area contributed by atoms with Crippen molar-refractivity contribution in [1.82, 2.24) is 4.90 Å². The maximum Gasteiger partial charge on any atom is 0.312 e. The molecule has 3 fully saturated rings. The fraction of sp³-hybridized carbons (Fsp3) is 0.594. The number of aliphatic hydroxyl groups is 1. The van der Waals surface area contributed by atoms with Crippen molar-refractivity contribution in [2.75, 3.05) is 42.6 Å². The summed E-state index contributed by atoms with van der Waals surface area (Å²) >= 11 is 3.69. The van der Waals surface area contributed by atoms with Gasteiger partial charge in [0.25, 0.3) is 5.91 Å². The van der Waals surface area contributed by atoms with Gasteiger partial charge in [-0.1, -0.05) is 54.9 Å². The van der Waals surface area contributed by atoms with Crippen LogP contribution in [-0.2, 0) is 23.9 Å². The van der Waals surface area contributed by atoms with Crippen molar-refractivity contribution in [3.05, 3.63) is 49.6 Å². The lowest BCUT2D eigenvalue weighted by Crippen LogP contribution is -2.60. The normalized spacial score (nSPS) is 29.1. The van der Waals surface area contributed by atoms with E-state index in [2.05, 4.69) is 47.8 Å². The molecular weight excluding hydrogens is 602 g/mol. The number of anilines is 2. The lowest BCUT2D eigenvalue weighted by Gasteiger charge is -2.41. The van der Waals surface area contributed by atoms with Crippen LogP contribution in [0.4, 0.5) is 11.4 Å². The van der Waals surface area contributed by atoms with E-state index in [0.29, 0.717) is 18.5 Å². The van der Waals surface area contributed by atoms with Crippen molar-refractivity contribution in [2.24, 2.45) is 17.8 Å². The van der Waals surface area contributed by atoms with E-state index in [1.807, 2.05) is 38.1 Å². The zero-order valence-electron chi connectivity index (χ0n) is 25.1. The van der Waals surface area contributed by atoms with Crippen molar-refractivity contribution in [2.45, 2.75) is 69.2 Å². The Morgan fingerprint density at radius 2 is 1.83 bits per heavy atom. The van der Waals surface area contributed by atoms with Gasteiger partial charge in [-0.2, -0.15) is 0 Å². The largest absolute Gasteiger partial charge is 0.461 e. The second-order valence-electron chi connectivity index (χ2n) is 11.4. The number of amides is 2. The van der Waals surface area contributed by atoms with Gasteiger partial charge in [-0.15, -0.1) is 6.58 Å². The number of likely N-dealkylation sites (tertiary alicyclic amines) is 1. The van der Waals surface area contributed by atoms with Gasteiger partial charge in [-0.3, -0.25) is 14.4 Å². The molecule has 0 radical (unpaired) electrons. The number of hydrogen-bond acceptors (Lipinski definition) is 7. The van der Waals surface area contributed by atoms with E-state index in [4.69, 9.17) is 9.47 Å². The highest BCUT2D eigenvalue weighted by Crippen LogP contribution is 2.61. The number of esters is 1. The number of carbonyl (C=O) groups excluding carboxylic acids is 3. The van der Waals surface area contributed by atoms with E-state index in [-0.39, 0.29) is 42.3 Å². The molecule has 1 aromatic carbocycles. The fourth-order valence-corrected chi connectivity index (χ4v) is 8.00. The van der Waals surface area contributed by atoms with Gasteiger partial charge >= 0.3 is 5.97 Å². The van der Waals surface area contributed by atoms with Crippen LogP contribution in [0.3, 0.4) is 0 Å². The van der Waals surface area contributed by atoms with Crippen LogP contribution in [0.2, 0.25) is 0 Å². The molecule has 3 heterocycles. The van der Waals surface area contributed by atoms with E-state index >= 15 is 0 Å². The fourth-order valence-electron chi connectivity index (χ4n) is 7.06. The molecule has 2 bridgehead atoms. The Hall–Kier alpha value is -2.69.